The normalized spacial score (nSPS) is 19.0. The maximum absolute atomic E-state index is 13.1. The first-order chi connectivity index (χ1) is 16.4. The second kappa shape index (κ2) is 11.0. The lowest BCUT2D eigenvalue weighted by Gasteiger charge is -2.38. The number of nitrogens with one attached hydrogen (secondary N) is 2. The third-order valence-electron chi connectivity index (χ3n) is 5.88. The SMILES string of the molecule is O=C(CC1C(=O)NCCN1C(=O)CN1CCN(c2ccccn2)CC1)Nc1cc(Cl)cc(Cl)c1. The Hall–Kier alpha value is -2.88. The number of pyridine rings is 1. The van der Waals surface area contributed by atoms with E-state index in [0.717, 1.165) is 18.9 Å². The molecule has 4 rings (SSSR count). The summed E-state index contributed by atoms with van der Waals surface area (Å²) in [4.78, 5) is 48.4. The number of piperazine rings is 2. The lowest BCUT2D eigenvalue weighted by molar-refractivity contribution is -0.145. The highest BCUT2D eigenvalue weighted by Crippen LogP contribution is 2.23. The lowest BCUT2D eigenvalue weighted by Crippen LogP contribution is -2.60. The molecule has 1 atom stereocenters. The maximum Gasteiger partial charge on any atom is 0.243 e. The molecule has 2 aliphatic heterocycles. The Bertz CT molecular complexity index is 1030. The smallest absolute Gasteiger partial charge is 0.243 e. The number of halogens is 2. The van der Waals surface area contributed by atoms with Gasteiger partial charge in [-0.05, 0) is 30.3 Å². The number of carbonyl (C=O) groups is 3. The molecule has 9 nitrogen and oxygen atoms in total. The summed E-state index contributed by atoms with van der Waals surface area (Å²) in [6.07, 6.45) is 1.61. The van der Waals surface area contributed by atoms with Crippen molar-refractivity contribution in [2.75, 3.05) is 56.0 Å². The molecule has 2 saturated heterocycles. The molecule has 0 radical (unpaired) electrons. The number of carbonyl (C=O) groups excluding carboxylic acids is 3. The van der Waals surface area contributed by atoms with E-state index in [0.29, 0.717) is 41.9 Å². The van der Waals surface area contributed by atoms with Crippen LogP contribution in [-0.4, -0.2) is 84.4 Å². The van der Waals surface area contributed by atoms with Crippen LogP contribution in [0.5, 0.6) is 0 Å². The van der Waals surface area contributed by atoms with Crippen LogP contribution in [0.1, 0.15) is 6.42 Å². The van der Waals surface area contributed by atoms with Crippen LogP contribution in [0.15, 0.2) is 42.6 Å². The topological polar surface area (TPSA) is 97.9 Å². The van der Waals surface area contributed by atoms with Gasteiger partial charge in [-0.15, -0.1) is 0 Å². The molecule has 34 heavy (non-hydrogen) atoms. The minimum absolute atomic E-state index is 0.158. The largest absolute Gasteiger partial charge is 0.354 e. The third kappa shape index (κ3) is 6.16. The summed E-state index contributed by atoms with van der Waals surface area (Å²) >= 11 is 12.0. The summed E-state index contributed by atoms with van der Waals surface area (Å²) in [6.45, 7) is 3.87. The van der Waals surface area contributed by atoms with Gasteiger partial charge in [-0.2, -0.15) is 0 Å². The summed E-state index contributed by atoms with van der Waals surface area (Å²) in [5, 5.41) is 6.23. The van der Waals surface area contributed by atoms with Crippen LogP contribution >= 0.6 is 23.2 Å². The first-order valence-corrected chi connectivity index (χ1v) is 11.9. The van der Waals surface area contributed by atoms with Crippen molar-refractivity contribution >= 4 is 52.4 Å². The molecule has 2 N–H and O–H groups in total. The highest BCUT2D eigenvalue weighted by Gasteiger charge is 2.35. The molecule has 3 amide bonds. The lowest BCUT2D eigenvalue weighted by atomic mass is 10.1. The molecular formula is C23H26Cl2N6O3. The van der Waals surface area contributed by atoms with Crippen LogP contribution < -0.4 is 15.5 Å². The van der Waals surface area contributed by atoms with Gasteiger partial charge in [0.1, 0.15) is 11.9 Å². The van der Waals surface area contributed by atoms with Crippen molar-refractivity contribution in [1.29, 1.82) is 0 Å². The third-order valence-corrected chi connectivity index (χ3v) is 6.32. The fraction of sp³-hybridized carbons (Fsp3) is 0.391. The van der Waals surface area contributed by atoms with Crippen LogP contribution in [-0.2, 0) is 14.4 Å². The second-order valence-corrected chi connectivity index (χ2v) is 9.13. The van der Waals surface area contributed by atoms with E-state index in [-0.39, 0.29) is 24.8 Å². The number of nitrogens with zero attached hydrogens (tertiary/aromatic N) is 4. The Labute approximate surface area is 208 Å². The van der Waals surface area contributed by atoms with E-state index in [4.69, 9.17) is 23.2 Å². The van der Waals surface area contributed by atoms with Gasteiger partial charge in [-0.1, -0.05) is 29.3 Å². The van der Waals surface area contributed by atoms with Gasteiger partial charge >= 0.3 is 0 Å². The molecule has 2 aromatic rings. The Kier molecular flexibility index (Phi) is 7.87. The Morgan fingerprint density at radius 1 is 1.06 bits per heavy atom. The zero-order valence-electron chi connectivity index (χ0n) is 18.5. The van der Waals surface area contributed by atoms with E-state index < -0.39 is 11.9 Å². The monoisotopic (exact) mass is 504 g/mol. The molecule has 1 aromatic carbocycles. The average molecular weight is 505 g/mol. The molecule has 2 aliphatic rings. The van der Waals surface area contributed by atoms with Gasteiger partial charge in [0.15, 0.2) is 0 Å². The van der Waals surface area contributed by atoms with Crippen molar-refractivity contribution < 1.29 is 14.4 Å². The number of aromatic nitrogens is 1. The van der Waals surface area contributed by atoms with Gasteiger partial charge < -0.3 is 20.4 Å². The van der Waals surface area contributed by atoms with Crippen molar-refractivity contribution in [2.24, 2.45) is 0 Å². The molecule has 0 bridgehead atoms. The number of anilines is 2. The molecule has 0 saturated carbocycles. The van der Waals surface area contributed by atoms with Gasteiger partial charge in [0, 0.05) is 61.2 Å². The zero-order valence-corrected chi connectivity index (χ0v) is 20.1. The molecule has 3 heterocycles. The van der Waals surface area contributed by atoms with Crippen LogP contribution in [0.4, 0.5) is 11.5 Å². The van der Waals surface area contributed by atoms with Crippen molar-refractivity contribution in [1.82, 2.24) is 20.1 Å². The van der Waals surface area contributed by atoms with Crippen molar-refractivity contribution in [3.8, 4) is 0 Å². The number of amides is 3. The Morgan fingerprint density at radius 3 is 2.47 bits per heavy atom. The first kappa shape index (κ1) is 24.3. The number of rotatable bonds is 6. The Morgan fingerprint density at radius 2 is 1.79 bits per heavy atom. The quantitative estimate of drug-likeness (QED) is 0.623. The Balaban J connectivity index is 1.33. The van der Waals surface area contributed by atoms with E-state index >= 15 is 0 Å². The number of hydrogen-bond acceptors (Lipinski definition) is 6. The fourth-order valence-electron chi connectivity index (χ4n) is 4.19. The van der Waals surface area contributed by atoms with E-state index in [9.17, 15) is 14.4 Å². The standard InChI is InChI=1S/C23H26Cl2N6O3/c24-16-11-17(25)13-18(12-16)28-21(32)14-19-23(34)27-5-6-31(19)22(33)15-29-7-9-30(10-8-29)20-3-1-2-4-26-20/h1-4,11-13,19H,5-10,14-15H2,(H,27,34)(H,28,32). The molecule has 2 fully saturated rings. The summed E-state index contributed by atoms with van der Waals surface area (Å²) in [5.74, 6) is 0.0268. The molecule has 11 heteroatoms. The van der Waals surface area contributed by atoms with Crippen molar-refractivity contribution in [3.63, 3.8) is 0 Å². The van der Waals surface area contributed by atoms with Crippen LogP contribution in [0.2, 0.25) is 10.0 Å². The summed E-state index contributed by atoms with van der Waals surface area (Å²) < 4.78 is 0. The molecular weight excluding hydrogens is 479 g/mol. The van der Waals surface area contributed by atoms with Gasteiger partial charge in [0.2, 0.25) is 17.7 Å². The molecule has 0 aliphatic carbocycles. The second-order valence-electron chi connectivity index (χ2n) is 8.26. The summed E-state index contributed by atoms with van der Waals surface area (Å²) in [6, 6.07) is 9.64. The van der Waals surface area contributed by atoms with Gasteiger partial charge in [0.25, 0.3) is 0 Å². The van der Waals surface area contributed by atoms with E-state index in [1.807, 2.05) is 18.2 Å². The summed E-state index contributed by atoms with van der Waals surface area (Å²) in [5.41, 5.74) is 0.433. The predicted molar refractivity (Wildman–Crippen MR) is 131 cm³/mol. The molecule has 1 aromatic heterocycles. The van der Waals surface area contributed by atoms with Gasteiger partial charge in [-0.25, -0.2) is 4.98 Å². The van der Waals surface area contributed by atoms with E-state index in [1.54, 1.807) is 24.4 Å². The number of benzene rings is 1. The molecule has 1 unspecified atom stereocenters. The van der Waals surface area contributed by atoms with Crippen LogP contribution in [0.3, 0.4) is 0 Å². The van der Waals surface area contributed by atoms with E-state index in [2.05, 4.69) is 25.4 Å². The summed E-state index contributed by atoms with van der Waals surface area (Å²) in [7, 11) is 0. The fourth-order valence-corrected chi connectivity index (χ4v) is 4.71. The highest BCUT2D eigenvalue weighted by molar-refractivity contribution is 6.35. The minimum Gasteiger partial charge on any atom is -0.354 e. The van der Waals surface area contributed by atoms with Gasteiger partial charge in [-0.3, -0.25) is 19.3 Å². The van der Waals surface area contributed by atoms with Crippen molar-refractivity contribution in [3.05, 3.63) is 52.6 Å². The predicted octanol–water partition coefficient (Wildman–Crippen LogP) is 1.87. The van der Waals surface area contributed by atoms with Gasteiger partial charge in [0.05, 0.1) is 13.0 Å². The van der Waals surface area contributed by atoms with Crippen molar-refractivity contribution in [2.45, 2.75) is 12.5 Å². The van der Waals surface area contributed by atoms with Crippen LogP contribution in [0.25, 0.3) is 0 Å². The van der Waals surface area contributed by atoms with E-state index in [1.165, 1.54) is 4.90 Å². The van der Waals surface area contributed by atoms with Crippen LogP contribution in [0, 0.1) is 0 Å². The maximum atomic E-state index is 13.1. The molecule has 180 valence electrons. The molecule has 0 spiro atoms. The zero-order chi connectivity index (χ0) is 24.1. The average Bonchev–Trinajstić information content (AvgIpc) is 2.80. The minimum atomic E-state index is -0.870. The number of hydrogen-bond donors (Lipinski definition) is 2. The highest BCUT2D eigenvalue weighted by atomic mass is 35.5. The first-order valence-electron chi connectivity index (χ1n) is 11.1.